The molecule has 0 aromatic carbocycles. The van der Waals surface area contributed by atoms with Gasteiger partial charge in [-0.1, -0.05) is 357 Å². The van der Waals surface area contributed by atoms with Crippen LogP contribution in [0.15, 0.2) is 0 Å². The van der Waals surface area contributed by atoms with Crippen LogP contribution in [0.3, 0.4) is 0 Å². The number of phosphoric acid groups is 2. The molecule has 7 atom stereocenters. The van der Waals surface area contributed by atoms with Gasteiger partial charge in [0.1, 0.15) is 19.3 Å². The quantitative estimate of drug-likeness (QED) is 0.0222. The van der Waals surface area contributed by atoms with Gasteiger partial charge >= 0.3 is 39.5 Å². The summed E-state index contributed by atoms with van der Waals surface area (Å²) in [5.74, 6) is 1.04. The lowest BCUT2D eigenvalue weighted by atomic mass is 9.99. The third-order valence-corrected chi connectivity index (χ3v) is 21.2. The second kappa shape index (κ2) is 69.1. The van der Waals surface area contributed by atoms with Crippen molar-refractivity contribution < 1.29 is 80.2 Å². The van der Waals surface area contributed by atoms with Crippen LogP contribution in [-0.4, -0.2) is 96.7 Å². The highest BCUT2D eigenvalue weighted by molar-refractivity contribution is 7.47. The molecular formula is C80H156O17P2. The van der Waals surface area contributed by atoms with Crippen molar-refractivity contribution in [2.45, 2.75) is 427 Å². The lowest BCUT2D eigenvalue weighted by molar-refractivity contribution is -0.161. The Morgan fingerprint density at radius 1 is 0.283 bits per heavy atom. The van der Waals surface area contributed by atoms with Gasteiger partial charge in [-0.05, 0) is 49.4 Å². The Balaban J connectivity index is 5.24. The Bertz CT molecular complexity index is 1940. The third-order valence-electron chi connectivity index (χ3n) is 19.3. The van der Waals surface area contributed by atoms with E-state index in [1.807, 2.05) is 0 Å². The first kappa shape index (κ1) is 97.1. The zero-order valence-electron chi connectivity index (χ0n) is 65.1. The van der Waals surface area contributed by atoms with Crippen molar-refractivity contribution in [1.82, 2.24) is 0 Å². The topological polar surface area (TPSA) is 237 Å². The predicted octanol–water partition coefficient (Wildman–Crippen LogP) is 23.6. The Hall–Kier alpha value is -1.94. The fourth-order valence-electron chi connectivity index (χ4n) is 12.2. The van der Waals surface area contributed by atoms with Gasteiger partial charge in [-0.25, -0.2) is 9.13 Å². The van der Waals surface area contributed by atoms with Gasteiger partial charge < -0.3 is 33.8 Å². The fourth-order valence-corrected chi connectivity index (χ4v) is 13.8. The second-order valence-corrected chi connectivity index (χ2v) is 33.1. The summed E-state index contributed by atoms with van der Waals surface area (Å²) in [7, 11) is -9.92. The average Bonchev–Trinajstić information content (AvgIpc) is 1.09. The molecule has 5 unspecified atom stereocenters. The maximum Gasteiger partial charge on any atom is 0.472 e. The summed E-state index contributed by atoms with van der Waals surface area (Å²) in [6.45, 7) is 14.3. The highest BCUT2D eigenvalue weighted by atomic mass is 31.2. The van der Waals surface area contributed by atoms with Crippen molar-refractivity contribution in [2.75, 3.05) is 39.6 Å². The van der Waals surface area contributed by atoms with Crippen LogP contribution in [0.2, 0.25) is 0 Å². The van der Waals surface area contributed by atoms with E-state index < -0.39 is 97.5 Å². The van der Waals surface area contributed by atoms with Crippen LogP contribution < -0.4 is 0 Å². The Morgan fingerprint density at radius 3 is 0.717 bits per heavy atom. The molecule has 0 aromatic heterocycles. The Morgan fingerprint density at radius 2 is 0.485 bits per heavy atom. The zero-order valence-corrected chi connectivity index (χ0v) is 66.9. The number of aliphatic hydroxyl groups is 1. The minimum atomic E-state index is -4.96. The summed E-state index contributed by atoms with van der Waals surface area (Å²) in [6, 6.07) is 0. The molecule has 0 saturated heterocycles. The van der Waals surface area contributed by atoms with Gasteiger partial charge in [0.05, 0.1) is 26.4 Å². The number of carbonyl (C=O) groups excluding carboxylic acids is 4. The van der Waals surface area contributed by atoms with Gasteiger partial charge in [0.2, 0.25) is 0 Å². The van der Waals surface area contributed by atoms with Gasteiger partial charge in [-0.15, -0.1) is 0 Å². The van der Waals surface area contributed by atoms with Crippen LogP contribution in [0.4, 0.5) is 0 Å². The van der Waals surface area contributed by atoms with Crippen LogP contribution in [-0.2, 0) is 65.4 Å². The number of esters is 4. The first-order valence-corrected chi connectivity index (χ1v) is 44.3. The van der Waals surface area contributed by atoms with E-state index in [9.17, 15) is 43.2 Å². The number of aliphatic hydroxyl groups excluding tert-OH is 1. The molecule has 3 N–H and O–H groups in total. The van der Waals surface area contributed by atoms with Gasteiger partial charge in [-0.3, -0.25) is 37.3 Å². The van der Waals surface area contributed by atoms with E-state index in [-0.39, 0.29) is 25.7 Å². The molecular weight excluding hydrogens is 1290 g/mol. The number of phosphoric ester groups is 2. The molecule has 0 fully saturated rings. The molecule has 0 radical (unpaired) electrons. The standard InChI is InChI=1S/C80H156O17P2/c1-9-72(7)58-50-42-34-26-20-16-12-14-18-22-29-37-46-54-62-79(84)97-76(67-91-78(83)61-53-45-39-31-33-41-49-57-71(5)6)69-95-99(88,89)93-65-74(81)64-92-98(86,87)94-68-75(96-80(85)63-55-47-38-30-24-23-27-35-43-51-59-73(8)10-2)66-90-77(82)60-52-44-36-28-21-17-13-11-15-19-25-32-40-48-56-70(3)4/h70-76,81H,9-69H2,1-8H3,(H,86,87)(H,88,89)/t72?,73?,74?,75-,76-/m1/s1. The van der Waals surface area contributed by atoms with Crippen LogP contribution in [0.25, 0.3) is 0 Å². The fraction of sp³-hybridized carbons (Fsp3) is 0.950. The smallest absolute Gasteiger partial charge is 0.462 e. The van der Waals surface area contributed by atoms with Crippen molar-refractivity contribution in [2.24, 2.45) is 23.7 Å². The third kappa shape index (κ3) is 71.5. The highest BCUT2D eigenvalue weighted by Gasteiger charge is 2.30. The molecule has 588 valence electrons. The number of carbonyl (C=O) groups is 4. The van der Waals surface area contributed by atoms with E-state index in [1.54, 1.807) is 0 Å². The van der Waals surface area contributed by atoms with Crippen LogP contribution in [0, 0.1) is 23.7 Å². The lowest BCUT2D eigenvalue weighted by Crippen LogP contribution is -2.30. The summed E-state index contributed by atoms with van der Waals surface area (Å²) < 4.78 is 68.7. The molecule has 0 aliphatic heterocycles. The molecule has 0 rings (SSSR count). The second-order valence-electron chi connectivity index (χ2n) is 30.2. The molecule has 0 aliphatic rings. The molecule has 0 aromatic rings. The zero-order chi connectivity index (χ0) is 73.1. The number of hydrogen-bond acceptors (Lipinski definition) is 15. The summed E-state index contributed by atoms with van der Waals surface area (Å²) >= 11 is 0. The number of hydrogen-bond donors (Lipinski definition) is 3. The molecule has 0 heterocycles. The van der Waals surface area contributed by atoms with E-state index in [0.717, 1.165) is 114 Å². The number of unbranched alkanes of at least 4 members (excludes halogenated alkanes) is 41. The summed E-state index contributed by atoms with van der Waals surface area (Å²) in [5, 5.41) is 10.6. The first-order chi connectivity index (χ1) is 47.7. The van der Waals surface area contributed by atoms with Crippen molar-refractivity contribution in [3.63, 3.8) is 0 Å². The van der Waals surface area contributed by atoms with Gasteiger partial charge in [0.15, 0.2) is 12.2 Å². The maximum absolute atomic E-state index is 13.1. The molecule has 0 aliphatic carbocycles. The maximum atomic E-state index is 13.1. The van der Waals surface area contributed by atoms with Crippen molar-refractivity contribution >= 4 is 39.5 Å². The Kier molecular flexibility index (Phi) is 67.8. The normalized spacial score (nSPS) is 14.6. The first-order valence-electron chi connectivity index (χ1n) is 41.3. The van der Waals surface area contributed by atoms with Crippen LogP contribution >= 0.6 is 15.6 Å². The summed E-state index contributed by atoms with van der Waals surface area (Å²) in [6.07, 6.45) is 55.4. The van der Waals surface area contributed by atoms with Gasteiger partial charge in [-0.2, -0.15) is 0 Å². The predicted molar refractivity (Wildman–Crippen MR) is 404 cm³/mol. The minimum Gasteiger partial charge on any atom is -0.462 e. The molecule has 17 nitrogen and oxygen atoms in total. The van der Waals surface area contributed by atoms with E-state index in [4.69, 9.17) is 37.0 Å². The Labute approximate surface area is 607 Å². The summed E-state index contributed by atoms with van der Waals surface area (Å²) in [5.41, 5.74) is 0. The van der Waals surface area contributed by atoms with Crippen molar-refractivity contribution in [3.8, 4) is 0 Å². The molecule has 19 heteroatoms. The highest BCUT2D eigenvalue weighted by Crippen LogP contribution is 2.45. The van der Waals surface area contributed by atoms with E-state index >= 15 is 0 Å². The van der Waals surface area contributed by atoms with E-state index in [2.05, 4.69) is 55.4 Å². The van der Waals surface area contributed by atoms with Crippen LogP contribution in [0.5, 0.6) is 0 Å². The van der Waals surface area contributed by atoms with Crippen molar-refractivity contribution in [3.05, 3.63) is 0 Å². The van der Waals surface area contributed by atoms with Gasteiger partial charge in [0.25, 0.3) is 0 Å². The van der Waals surface area contributed by atoms with Crippen LogP contribution in [0.1, 0.15) is 409 Å². The van der Waals surface area contributed by atoms with Gasteiger partial charge in [0, 0.05) is 25.7 Å². The number of rotatable bonds is 77. The summed E-state index contributed by atoms with van der Waals surface area (Å²) in [4.78, 5) is 73.0. The minimum absolute atomic E-state index is 0.106. The molecule has 0 saturated carbocycles. The van der Waals surface area contributed by atoms with E-state index in [0.29, 0.717) is 31.6 Å². The monoisotopic (exact) mass is 1450 g/mol. The van der Waals surface area contributed by atoms with E-state index in [1.165, 1.54) is 205 Å². The lowest BCUT2D eigenvalue weighted by Gasteiger charge is -2.21. The molecule has 0 spiro atoms. The molecule has 0 amide bonds. The average molecular weight is 1450 g/mol. The SMILES string of the molecule is CCC(C)CCCCCCCCCCCCCCCCC(=O)O[C@H](COC(=O)CCCCCCCCCC(C)C)COP(=O)(O)OCC(O)COP(=O)(O)OC[C@@H](COC(=O)CCCCCCCCCCCCCCCCC(C)C)OC(=O)CCCCCCCCCCCCC(C)CC. The molecule has 0 bridgehead atoms. The molecule has 99 heavy (non-hydrogen) atoms. The van der Waals surface area contributed by atoms with Crippen molar-refractivity contribution in [1.29, 1.82) is 0 Å². The number of ether oxygens (including phenoxy) is 4. The largest absolute Gasteiger partial charge is 0.472 e.